The summed E-state index contributed by atoms with van der Waals surface area (Å²) in [6.07, 6.45) is 3.17. The maximum Gasteiger partial charge on any atom is 0.410 e. The Hall–Kier alpha value is -2.01. The summed E-state index contributed by atoms with van der Waals surface area (Å²) in [4.78, 5) is 18.6. The summed E-state index contributed by atoms with van der Waals surface area (Å²) in [6, 6.07) is 5.87. The standard InChI is InChI=1S/C20H23ClN2O3/c1-19(2,3)26-18(24)23-9-6-20(7-10-23)12-25-17-14(20)11-15(21)13-5-4-8-22-16(13)17/h4-5,8,11H,6-7,9-10,12H2,1-3H3. The number of rotatable bonds is 0. The maximum absolute atomic E-state index is 12.3. The highest BCUT2D eigenvalue weighted by molar-refractivity contribution is 6.35. The van der Waals surface area contributed by atoms with Crippen LogP contribution in [0.2, 0.25) is 5.02 Å². The fraction of sp³-hybridized carbons (Fsp3) is 0.500. The molecule has 1 spiro atoms. The number of amides is 1. The van der Waals surface area contributed by atoms with Gasteiger partial charge in [-0.25, -0.2) is 4.79 Å². The molecular formula is C20H23ClN2O3. The first-order chi connectivity index (χ1) is 12.3. The Kier molecular flexibility index (Phi) is 4.03. The molecule has 6 heteroatoms. The number of hydrogen-bond acceptors (Lipinski definition) is 4. The van der Waals surface area contributed by atoms with Crippen molar-refractivity contribution in [1.29, 1.82) is 0 Å². The van der Waals surface area contributed by atoms with Gasteiger partial charge in [0.05, 0.1) is 11.6 Å². The number of halogens is 1. The monoisotopic (exact) mass is 374 g/mol. The van der Waals surface area contributed by atoms with Gasteiger partial charge in [-0.2, -0.15) is 0 Å². The average Bonchev–Trinajstić information content (AvgIpc) is 2.93. The number of fused-ring (bicyclic) bond motifs is 4. The van der Waals surface area contributed by atoms with Crippen molar-refractivity contribution in [2.45, 2.75) is 44.6 Å². The van der Waals surface area contributed by atoms with Crippen molar-refractivity contribution < 1.29 is 14.3 Å². The SMILES string of the molecule is CC(C)(C)OC(=O)N1CCC2(CC1)COc1c2cc(Cl)c2cccnc12. The Morgan fingerprint density at radius 2 is 2.08 bits per heavy atom. The van der Waals surface area contributed by atoms with E-state index in [1.165, 1.54) is 0 Å². The molecule has 2 aliphatic heterocycles. The molecule has 2 aromatic rings. The molecule has 1 aromatic heterocycles. The Bertz CT molecular complexity index is 867. The first kappa shape index (κ1) is 17.4. The molecular weight excluding hydrogens is 352 g/mol. The molecule has 2 aliphatic rings. The van der Waals surface area contributed by atoms with E-state index in [9.17, 15) is 4.79 Å². The van der Waals surface area contributed by atoms with E-state index in [0.717, 1.165) is 35.1 Å². The van der Waals surface area contributed by atoms with Gasteiger partial charge in [0.15, 0.2) is 0 Å². The summed E-state index contributed by atoms with van der Waals surface area (Å²) in [6.45, 7) is 7.56. The fourth-order valence-corrected chi connectivity index (χ4v) is 4.12. The molecule has 0 atom stereocenters. The van der Waals surface area contributed by atoms with Crippen LogP contribution < -0.4 is 4.74 Å². The second-order valence-corrected chi connectivity index (χ2v) is 8.58. The predicted molar refractivity (Wildman–Crippen MR) is 101 cm³/mol. The minimum atomic E-state index is -0.479. The fourth-order valence-electron chi connectivity index (χ4n) is 3.86. The summed E-state index contributed by atoms with van der Waals surface area (Å²) in [5.74, 6) is 0.843. The van der Waals surface area contributed by atoms with Crippen LogP contribution in [-0.2, 0) is 10.2 Å². The van der Waals surface area contributed by atoms with Crippen LogP contribution in [0.5, 0.6) is 5.75 Å². The van der Waals surface area contributed by atoms with Gasteiger partial charge in [-0.15, -0.1) is 0 Å². The molecule has 1 aromatic carbocycles. The molecule has 138 valence electrons. The van der Waals surface area contributed by atoms with Gasteiger partial charge in [0.2, 0.25) is 0 Å². The quantitative estimate of drug-likeness (QED) is 0.678. The number of benzene rings is 1. The second kappa shape index (κ2) is 6.02. The third-order valence-electron chi connectivity index (χ3n) is 5.23. The summed E-state index contributed by atoms with van der Waals surface area (Å²) in [7, 11) is 0. The van der Waals surface area contributed by atoms with Crippen LogP contribution in [0, 0.1) is 0 Å². The van der Waals surface area contributed by atoms with E-state index in [1.807, 2.05) is 39.0 Å². The van der Waals surface area contributed by atoms with Gasteiger partial charge in [0.25, 0.3) is 0 Å². The molecule has 26 heavy (non-hydrogen) atoms. The van der Waals surface area contributed by atoms with Crippen LogP contribution in [-0.4, -0.2) is 41.3 Å². The minimum absolute atomic E-state index is 0.108. The van der Waals surface area contributed by atoms with Gasteiger partial charge in [0, 0.05) is 35.7 Å². The zero-order valence-electron chi connectivity index (χ0n) is 15.3. The van der Waals surface area contributed by atoms with Gasteiger partial charge in [-0.3, -0.25) is 4.98 Å². The van der Waals surface area contributed by atoms with E-state index in [1.54, 1.807) is 11.1 Å². The van der Waals surface area contributed by atoms with Crippen molar-refractivity contribution in [3.63, 3.8) is 0 Å². The maximum atomic E-state index is 12.3. The lowest BCUT2D eigenvalue weighted by Crippen LogP contribution is -2.47. The predicted octanol–water partition coefficient (Wildman–Crippen LogP) is 4.55. The lowest BCUT2D eigenvalue weighted by Gasteiger charge is -2.39. The Morgan fingerprint density at radius 3 is 2.77 bits per heavy atom. The lowest BCUT2D eigenvalue weighted by atomic mass is 9.74. The van der Waals surface area contributed by atoms with Gasteiger partial charge in [-0.1, -0.05) is 11.6 Å². The highest BCUT2D eigenvalue weighted by Crippen LogP contribution is 2.49. The van der Waals surface area contributed by atoms with E-state index in [0.29, 0.717) is 24.7 Å². The third kappa shape index (κ3) is 2.88. The van der Waals surface area contributed by atoms with Crippen LogP contribution in [0.25, 0.3) is 10.9 Å². The van der Waals surface area contributed by atoms with Crippen LogP contribution in [0.3, 0.4) is 0 Å². The van der Waals surface area contributed by atoms with Crippen molar-refractivity contribution in [1.82, 2.24) is 9.88 Å². The number of piperidine rings is 1. The summed E-state index contributed by atoms with van der Waals surface area (Å²) >= 11 is 6.51. The summed E-state index contributed by atoms with van der Waals surface area (Å²) < 4.78 is 11.6. The first-order valence-corrected chi connectivity index (χ1v) is 9.35. The molecule has 1 amide bonds. The largest absolute Gasteiger partial charge is 0.490 e. The number of aromatic nitrogens is 1. The van der Waals surface area contributed by atoms with E-state index < -0.39 is 5.60 Å². The Morgan fingerprint density at radius 1 is 1.35 bits per heavy atom. The zero-order valence-corrected chi connectivity index (χ0v) is 16.1. The number of carbonyl (C=O) groups is 1. The molecule has 0 saturated carbocycles. The van der Waals surface area contributed by atoms with E-state index >= 15 is 0 Å². The van der Waals surface area contributed by atoms with Crippen LogP contribution in [0.15, 0.2) is 24.4 Å². The molecule has 0 unspecified atom stereocenters. The van der Waals surface area contributed by atoms with Gasteiger partial charge in [0.1, 0.15) is 16.9 Å². The normalized spacial score (nSPS) is 18.7. The van der Waals surface area contributed by atoms with E-state index in [-0.39, 0.29) is 11.5 Å². The highest BCUT2D eigenvalue weighted by atomic mass is 35.5. The molecule has 1 saturated heterocycles. The first-order valence-electron chi connectivity index (χ1n) is 8.98. The number of ether oxygens (including phenoxy) is 2. The van der Waals surface area contributed by atoms with Crippen molar-refractivity contribution >= 4 is 28.6 Å². The molecule has 0 bridgehead atoms. The summed E-state index contributed by atoms with van der Waals surface area (Å²) in [5.41, 5.74) is 1.36. The minimum Gasteiger partial charge on any atom is -0.490 e. The number of nitrogens with zero attached hydrogens (tertiary/aromatic N) is 2. The Labute approximate surface area is 158 Å². The number of likely N-dealkylation sites (tertiary alicyclic amines) is 1. The van der Waals surface area contributed by atoms with Crippen LogP contribution in [0.1, 0.15) is 39.2 Å². The van der Waals surface area contributed by atoms with Crippen molar-refractivity contribution in [3.05, 3.63) is 35.0 Å². The number of carbonyl (C=O) groups excluding carboxylic acids is 1. The number of hydrogen-bond donors (Lipinski definition) is 0. The second-order valence-electron chi connectivity index (χ2n) is 8.17. The zero-order chi connectivity index (χ0) is 18.5. The summed E-state index contributed by atoms with van der Waals surface area (Å²) in [5, 5.41) is 1.61. The van der Waals surface area contributed by atoms with E-state index in [4.69, 9.17) is 21.1 Å². The molecule has 0 aliphatic carbocycles. The molecule has 4 rings (SSSR count). The molecule has 3 heterocycles. The lowest BCUT2D eigenvalue weighted by molar-refractivity contribution is 0.0152. The van der Waals surface area contributed by atoms with Gasteiger partial charge < -0.3 is 14.4 Å². The third-order valence-corrected chi connectivity index (χ3v) is 5.54. The topological polar surface area (TPSA) is 51.7 Å². The van der Waals surface area contributed by atoms with Crippen LogP contribution >= 0.6 is 11.6 Å². The van der Waals surface area contributed by atoms with Crippen molar-refractivity contribution in [2.75, 3.05) is 19.7 Å². The average molecular weight is 375 g/mol. The molecule has 0 N–H and O–H groups in total. The van der Waals surface area contributed by atoms with Crippen molar-refractivity contribution in [2.24, 2.45) is 0 Å². The highest BCUT2D eigenvalue weighted by Gasteiger charge is 2.45. The smallest absolute Gasteiger partial charge is 0.410 e. The van der Waals surface area contributed by atoms with Crippen molar-refractivity contribution in [3.8, 4) is 5.75 Å². The van der Waals surface area contributed by atoms with Gasteiger partial charge in [-0.05, 0) is 51.8 Å². The van der Waals surface area contributed by atoms with Crippen LogP contribution in [0.4, 0.5) is 4.79 Å². The molecule has 5 nitrogen and oxygen atoms in total. The Balaban J connectivity index is 1.60. The number of pyridine rings is 1. The molecule has 1 fully saturated rings. The van der Waals surface area contributed by atoms with E-state index in [2.05, 4.69) is 4.98 Å². The van der Waals surface area contributed by atoms with Gasteiger partial charge >= 0.3 is 6.09 Å². The molecule has 0 radical (unpaired) electrons.